The second-order valence-electron chi connectivity index (χ2n) is 5.64. The van der Waals surface area contributed by atoms with E-state index < -0.39 is 0 Å². The minimum absolute atomic E-state index is 0.0461. The van der Waals surface area contributed by atoms with Gasteiger partial charge in [0.2, 0.25) is 0 Å². The molecule has 0 aromatic carbocycles. The largest absolute Gasteiger partial charge is 0.335 e. The lowest BCUT2D eigenvalue weighted by Crippen LogP contribution is -2.41. The summed E-state index contributed by atoms with van der Waals surface area (Å²) in [5.41, 5.74) is 2.05. The van der Waals surface area contributed by atoms with Gasteiger partial charge in [0.05, 0.1) is 26.3 Å². The Kier molecular flexibility index (Phi) is 3.93. The van der Waals surface area contributed by atoms with Gasteiger partial charge in [0.25, 0.3) is 5.91 Å². The number of hydrogen-bond acceptors (Lipinski definition) is 3. The lowest BCUT2D eigenvalue weighted by molar-refractivity contribution is 0.0636. The number of aromatic nitrogens is 4. The third-order valence-electron chi connectivity index (χ3n) is 4.24. The molecule has 1 atom stereocenters. The monoisotopic (exact) mass is 471 g/mol. The highest BCUT2D eigenvalue weighted by atomic mass is 79.9. The molecule has 0 N–H and O–H groups in total. The van der Waals surface area contributed by atoms with E-state index in [1.165, 1.54) is 10.7 Å². The fourth-order valence-electron chi connectivity index (χ4n) is 3.03. The minimum atomic E-state index is -0.108. The predicted molar refractivity (Wildman–Crippen MR) is 97.3 cm³/mol. The van der Waals surface area contributed by atoms with E-state index in [4.69, 9.17) is 11.6 Å². The number of hydrogen-bond donors (Lipinski definition) is 0. The average Bonchev–Trinajstić information content (AvgIpc) is 3.10. The summed E-state index contributed by atoms with van der Waals surface area (Å²) in [6, 6.07) is 3.68. The summed E-state index contributed by atoms with van der Waals surface area (Å²) in [6.45, 7) is 3.37. The molecule has 1 aliphatic heterocycles. The Balaban J connectivity index is 1.68. The quantitative estimate of drug-likeness (QED) is 0.538. The van der Waals surface area contributed by atoms with Crippen molar-refractivity contribution >= 4 is 55.0 Å². The van der Waals surface area contributed by atoms with Gasteiger partial charge in [-0.25, -0.2) is 9.50 Å². The topological polar surface area (TPSA) is 55.4 Å². The molecular formula is C15H12Br2ClN5O. The summed E-state index contributed by atoms with van der Waals surface area (Å²) in [5.74, 6) is -0.108. The summed E-state index contributed by atoms with van der Waals surface area (Å²) in [4.78, 5) is 18.9. The van der Waals surface area contributed by atoms with Gasteiger partial charge in [-0.1, -0.05) is 11.6 Å². The highest BCUT2D eigenvalue weighted by Gasteiger charge is 2.31. The smallest absolute Gasteiger partial charge is 0.275 e. The van der Waals surface area contributed by atoms with E-state index in [0.717, 1.165) is 21.3 Å². The van der Waals surface area contributed by atoms with Crippen molar-refractivity contribution in [2.24, 2.45) is 0 Å². The van der Waals surface area contributed by atoms with E-state index in [0.29, 0.717) is 22.9 Å². The highest BCUT2D eigenvalue weighted by molar-refractivity contribution is 9.13. The molecule has 1 unspecified atom stereocenters. The van der Waals surface area contributed by atoms with Crippen molar-refractivity contribution in [3.8, 4) is 0 Å². The zero-order chi connectivity index (χ0) is 17.0. The Morgan fingerprint density at radius 3 is 2.92 bits per heavy atom. The van der Waals surface area contributed by atoms with Gasteiger partial charge in [-0.15, -0.1) is 0 Å². The molecule has 6 nitrogen and oxygen atoms in total. The third kappa shape index (κ3) is 2.48. The van der Waals surface area contributed by atoms with Crippen molar-refractivity contribution < 1.29 is 4.79 Å². The number of fused-ring (bicyclic) bond motifs is 2. The normalized spacial score (nSPS) is 17.3. The van der Waals surface area contributed by atoms with Crippen LogP contribution in [0.5, 0.6) is 0 Å². The molecule has 0 spiro atoms. The molecule has 1 amide bonds. The molecule has 0 aliphatic carbocycles. The molecule has 0 saturated heterocycles. The van der Waals surface area contributed by atoms with Crippen LogP contribution in [0.3, 0.4) is 0 Å². The Hall–Kier alpha value is -1.38. The summed E-state index contributed by atoms with van der Waals surface area (Å²) >= 11 is 13.0. The first-order valence-electron chi connectivity index (χ1n) is 7.32. The van der Waals surface area contributed by atoms with Crippen LogP contribution in [-0.4, -0.2) is 36.5 Å². The van der Waals surface area contributed by atoms with Crippen LogP contribution in [-0.2, 0) is 6.54 Å². The van der Waals surface area contributed by atoms with Crippen LogP contribution in [0.1, 0.15) is 29.1 Å². The van der Waals surface area contributed by atoms with Crippen LogP contribution >= 0.6 is 43.5 Å². The maximum atomic E-state index is 12.9. The fourth-order valence-corrected chi connectivity index (χ4v) is 4.11. The van der Waals surface area contributed by atoms with Crippen LogP contribution in [0.25, 0.3) is 5.65 Å². The fraction of sp³-hybridized carbons (Fsp3) is 0.267. The summed E-state index contributed by atoms with van der Waals surface area (Å²) < 4.78 is 5.69. The van der Waals surface area contributed by atoms with Gasteiger partial charge in [0, 0.05) is 31.0 Å². The van der Waals surface area contributed by atoms with Gasteiger partial charge in [0.1, 0.15) is 0 Å². The van der Waals surface area contributed by atoms with Crippen molar-refractivity contribution in [3.05, 3.63) is 50.0 Å². The standard InChI is InChI=1S/C15H12Br2ClN5O/c1-8-12-4-10(16)14(17)22(12)3-2-21(8)15(24)11-5-13-19-6-9(18)7-23(13)20-11/h4-8H,2-3H2,1H3. The maximum Gasteiger partial charge on any atom is 0.275 e. The zero-order valence-electron chi connectivity index (χ0n) is 12.6. The van der Waals surface area contributed by atoms with Crippen molar-refractivity contribution in [1.29, 1.82) is 0 Å². The van der Waals surface area contributed by atoms with E-state index in [9.17, 15) is 4.79 Å². The van der Waals surface area contributed by atoms with Crippen molar-refractivity contribution in [2.45, 2.75) is 19.5 Å². The second-order valence-corrected chi connectivity index (χ2v) is 7.68. The van der Waals surface area contributed by atoms with Gasteiger partial charge in [-0.2, -0.15) is 5.10 Å². The van der Waals surface area contributed by atoms with Gasteiger partial charge in [-0.05, 0) is 44.8 Å². The van der Waals surface area contributed by atoms with E-state index in [1.54, 1.807) is 12.3 Å². The van der Waals surface area contributed by atoms with Crippen molar-refractivity contribution in [3.63, 3.8) is 0 Å². The summed E-state index contributed by atoms with van der Waals surface area (Å²) in [5, 5.41) is 4.79. The molecule has 3 aromatic heterocycles. The molecule has 124 valence electrons. The average molecular weight is 474 g/mol. The number of rotatable bonds is 1. The van der Waals surface area contributed by atoms with Crippen LogP contribution in [0, 0.1) is 0 Å². The number of halogens is 3. The summed E-state index contributed by atoms with van der Waals surface area (Å²) in [7, 11) is 0. The molecule has 0 fully saturated rings. The highest BCUT2D eigenvalue weighted by Crippen LogP contribution is 2.35. The van der Waals surface area contributed by atoms with Gasteiger partial charge < -0.3 is 9.47 Å². The molecule has 1 aliphatic rings. The number of carbonyl (C=O) groups excluding carboxylic acids is 1. The van der Waals surface area contributed by atoms with Gasteiger partial charge in [-0.3, -0.25) is 4.79 Å². The molecule has 0 radical (unpaired) electrons. The molecule has 0 saturated carbocycles. The van der Waals surface area contributed by atoms with Gasteiger partial charge in [0.15, 0.2) is 11.3 Å². The number of carbonyl (C=O) groups is 1. The molecular weight excluding hydrogens is 461 g/mol. The lowest BCUT2D eigenvalue weighted by atomic mass is 10.1. The molecule has 4 rings (SSSR count). The minimum Gasteiger partial charge on any atom is -0.335 e. The van der Waals surface area contributed by atoms with Crippen molar-refractivity contribution in [1.82, 2.24) is 24.1 Å². The molecule has 24 heavy (non-hydrogen) atoms. The van der Waals surface area contributed by atoms with E-state index >= 15 is 0 Å². The first kappa shape index (κ1) is 16.1. The Bertz CT molecular complexity index is 966. The second kappa shape index (κ2) is 5.86. The summed E-state index contributed by atoms with van der Waals surface area (Å²) in [6.07, 6.45) is 3.18. The van der Waals surface area contributed by atoms with Gasteiger partial charge >= 0.3 is 0 Å². The molecule has 3 aromatic rings. The third-order valence-corrected chi connectivity index (χ3v) is 6.43. The Labute approximate surface area is 159 Å². The number of nitrogens with zero attached hydrogens (tertiary/aromatic N) is 5. The van der Waals surface area contributed by atoms with E-state index in [2.05, 4.69) is 46.5 Å². The molecule has 4 heterocycles. The lowest BCUT2D eigenvalue weighted by Gasteiger charge is -2.34. The van der Waals surface area contributed by atoms with Crippen molar-refractivity contribution in [2.75, 3.05) is 6.54 Å². The van der Waals surface area contributed by atoms with Crippen LogP contribution in [0.15, 0.2) is 33.6 Å². The van der Waals surface area contributed by atoms with Crippen LogP contribution in [0.4, 0.5) is 0 Å². The molecule has 0 bridgehead atoms. The Morgan fingerprint density at radius 1 is 1.33 bits per heavy atom. The van der Waals surface area contributed by atoms with E-state index in [-0.39, 0.29) is 11.9 Å². The zero-order valence-corrected chi connectivity index (χ0v) is 16.5. The first-order chi connectivity index (χ1) is 11.5. The predicted octanol–water partition coefficient (Wildman–Crippen LogP) is 3.93. The van der Waals surface area contributed by atoms with E-state index in [1.807, 2.05) is 17.9 Å². The first-order valence-corrected chi connectivity index (χ1v) is 9.28. The molecule has 9 heteroatoms. The number of amides is 1. The van der Waals surface area contributed by atoms with Crippen LogP contribution < -0.4 is 0 Å². The van der Waals surface area contributed by atoms with Crippen LogP contribution in [0.2, 0.25) is 5.02 Å². The maximum absolute atomic E-state index is 12.9. The Morgan fingerprint density at radius 2 is 2.12 bits per heavy atom. The SMILES string of the molecule is CC1c2cc(Br)c(Br)n2CCN1C(=O)c1cc2ncc(Cl)cn2n1.